The minimum atomic E-state index is -0.310. The second-order valence-corrected chi connectivity index (χ2v) is 9.62. The second kappa shape index (κ2) is 11.2. The van der Waals surface area contributed by atoms with Gasteiger partial charge in [-0.1, -0.05) is 61.7 Å². The summed E-state index contributed by atoms with van der Waals surface area (Å²) in [5.74, 6) is 1.39. The predicted octanol–water partition coefficient (Wildman–Crippen LogP) is 5.03. The topological polar surface area (TPSA) is 58.6 Å². The molecule has 1 fully saturated rings. The molecular weight excluding hydrogens is 420 g/mol. The van der Waals surface area contributed by atoms with Crippen LogP contribution in [0.15, 0.2) is 60.4 Å². The molecule has 4 rings (SSSR count). The van der Waals surface area contributed by atoms with Crippen LogP contribution in [0, 0.1) is 0 Å². The van der Waals surface area contributed by atoms with Crippen molar-refractivity contribution in [3.8, 4) is 5.75 Å². The SMILES string of the molecule is O=C(CN1C(=O)C(=Cc2ccccc2)Oc2ccccc21)NCCCSC1CCCCC1. The van der Waals surface area contributed by atoms with E-state index in [1.54, 1.807) is 12.1 Å². The summed E-state index contributed by atoms with van der Waals surface area (Å²) in [6.45, 7) is 0.604. The molecule has 0 saturated heterocycles. The summed E-state index contributed by atoms with van der Waals surface area (Å²) in [5.41, 5.74) is 1.49. The summed E-state index contributed by atoms with van der Waals surface area (Å²) >= 11 is 2.04. The lowest BCUT2D eigenvalue weighted by molar-refractivity contribution is -0.123. The van der Waals surface area contributed by atoms with E-state index in [1.807, 2.05) is 60.3 Å². The highest BCUT2D eigenvalue weighted by molar-refractivity contribution is 7.99. The fourth-order valence-electron chi connectivity index (χ4n) is 4.10. The van der Waals surface area contributed by atoms with Crippen LogP contribution < -0.4 is 15.0 Å². The third-order valence-electron chi connectivity index (χ3n) is 5.78. The van der Waals surface area contributed by atoms with Crippen molar-refractivity contribution in [2.24, 2.45) is 0 Å². The van der Waals surface area contributed by atoms with Crippen LogP contribution in [-0.4, -0.2) is 35.9 Å². The third-order valence-corrected chi connectivity index (χ3v) is 7.25. The van der Waals surface area contributed by atoms with E-state index in [0.29, 0.717) is 18.0 Å². The lowest BCUT2D eigenvalue weighted by atomic mass is 10.0. The van der Waals surface area contributed by atoms with Gasteiger partial charge < -0.3 is 10.1 Å². The molecule has 2 aliphatic rings. The quantitative estimate of drug-likeness (QED) is 0.453. The molecule has 0 bridgehead atoms. The van der Waals surface area contributed by atoms with E-state index >= 15 is 0 Å². The van der Waals surface area contributed by atoms with Gasteiger partial charge in [-0.3, -0.25) is 14.5 Å². The van der Waals surface area contributed by atoms with Gasteiger partial charge in [0.2, 0.25) is 5.91 Å². The zero-order valence-electron chi connectivity index (χ0n) is 18.3. The van der Waals surface area contributed by atoms with Crippen LogP contribution in [0.5, 0.6) is 5.75 Å². The molecule has 0 atom stereocenters. The number of nitrogens with zero attached hydrogens (tertiary/aromatic N) is 1. The van der Waals surface area contributed by atoms with Crippen LogP contribution in [0.4, 0.5) is 5.69 Å². The molecule has 0 radical (unpaired) electrons. The maximum absolute atomic E-state index is 13.1. The van der Waals surface area contributed by atoms with Crippen LogP contribution in [-0.2, 0) is 9.59 Å². The third kappa shape index (κ3) is 5.94. The molecule has 168 valence electrons. The molecule has 0 aromatic heterocycles. The number of hydrogen-bond acceptors (Lipinski definition) is 4. The number of hydrogen-bond donors (Lipinski definition) is 1. The molecule has 32 heavy (non-hydrogen) atoms. The van der Waals surface area contributed by atoms with Gasteiger partial charge in [-0.25, -0.2) is 0 Å². The Kier molecular flexibility index (Phi) is 7.88. The van der Waals surface area contributed by atoms with Gasteiger partial charge >= 0.3 is 0 Å². The number of thioether (sulfide) groups is 1. The van der Waals surface area contributed by atoms with E-state index in [9.17, 15) is 9.59 Å². The van der Waals surface area contributed by atoms with Crippen molar-refractivity contribution in [3.05, 3.63) is 65.9 Å². The zero-order valence-corrected chi connectivity index (χ0v) is 19.1. The Labute approximate surface area is 194 Å². The highest BCUT2D eigenvalue weighted by Gasteiger charge is 2.31. The minimum absolute atomic E-state index is 0.0267. The summed E-state index contributed by atoms with van der Waals surface area (Å²) in [6.07, 6.45) is 9.39. The Bertz CT molecular complexity index is 955. The highest BCUT2D eigenvalue weighted by atomic mass is 32.2. The van der Waals surface area contributed by atoms with E-state index in [-0.39, 0.29) is 24.1 Å². The summed E-state index contributed by atoms with van der Waals surface area (Å²) in [6, 6.07) is 16.9. The number of carbonyl (C=O) groups excluding carboxylic acids is 2. The molecule has 1 heterocycles. The molecule has 0 unspecified atom stereocenters. The van der Waals surface area contributed by atoms with Gasteiger partial charge in [-0.15, -0.1) is 0 Å². The van der Waals surface area contributed by atoms with Gasteiger partial charge in [0.15, 0.2) is 11.5 Å². The smallest absolute Gasteiger partial charge is 0.294 e. The van der Waals surface area contributed by atoms with Crippen LogP contribution in [0.2, 0.25) is 0 Å². The van der Waals surface area contributed by atoms with Crippen molar-refractivity contribution in [2.45, 2.75) is 43.8 Å². The minimum Gasteiger partial charge on any atom is -0.449 e. The van der Waals surface area contributed by atoms with Gasteiger partial charge in [-0.05, 0) is 48.8 Å². The van der Waals surface area contributed by atoms with Crippen LogP contribution in [0.3, 0.4) is 0 Å². The Morgan fingerprint density at radius 3 is 2.62 bits per heavy atom. The average Bonchev–Trinajstić information content (AvgIpc) is 2.83. The number of fused-ring (bicyclic) bond motifs is 1. The van der Waals surface area contributed by atoms with Crippen molar-refractivity contribution in [1.82, 2.24) is 5.32 Å². The molecule has 6 heteroatoms. The first kappa shape index (κ1) is 22.5. The number of benzene rings is 2. The van der Waals surface area contributed by atoms with E-state index in [1.165, 1.54) is 37.0 Å². The van der Waals surface area contributed by atoms with Gasteiger partial charge in [0, 0.05) is 11.8 Å². The molecule has 2 aromatic rings. The van der Waals surface area contributed by atoms with E-state index in [2.05, 4.69) is 5.32 Å². The zero-order chi connectivity index (χ0) is 22.2. The number of rotatable bonds is 8. The number of anilines is 1. The largest absolute Gasteiger partial charge is 0.449 e. The molecule has 1 aliphatic carbocycles. The van der Waals surface area contributed by atoms with Crippen molar-refractivity contribution in [3.63, 3.8) is 0 Å². The summed E-state index contributed by atoms with van der Waals surface area (Å²) in [4.78, 5) is 27.3. The van der Waals surface area contributed by atoms with Gasteiger partial charge in [0.1, 0.15) is 6.54 Å². The molecule has 1 aliphatic heterocycles. The van der Waals surface area contributed by atoms with Crippen molar-refractivity contribution in [1.29, 1.82) is 0 Å². The molecule has 1 saturated carbocycles. The Balaban J connectivity index is 1.34. The number of nitrogens with one attached hydrogen (secondary N) is 1. The maximum atomic E-state index is 13.1. The second-order valence-electron chi connectivity index (χ2n) is 8.21. The van der Waals surface area contributed by atoms with E-state index in [0.717, 1.165) is 23.0 Å². The Morgan fingerprint density at radius 2 is 1.81 bits per heavy atom. The first-order valence-electron chi connectivity index (χ1n) is 11.4. The summed E-state index contributed by atoms with van der Waals surface area (Å²) in [7, 11) is 0. The Hall–Kier alpha value is -2.73. The van der Waals surface area contributed by atoms with Gasteiger partial charge in [0.05, 0.1) is 5.69 Å². The summed E-state index contributed by atoms with van der Waals surface area (Å²) < 4.78 is 5.87. The number of amides is 2. The normalized spacial score (nSPS) is 17.7. The fourth-order valence-corrected chi connectivity index (χ4v) is 5.41. The Morgan fingerprint density at radius 1 is 1.06 bits per heavy atom. The van der Waals surface area contributed by atoms with Gasteiger partial charge in [-0.2, -0.15) is 11.8 Å². The number of ether oxygens (including phenoxy) is 1. The average molecular weight is 451 g/mol. The van der Waals surface area contributed by atoms with Crippen LogP contribution in [0.1, 0.15) is 44.1 Å². The standard InChI is InChI=1S/C26H30N2O3S/c29-25(27-16-9-17-32-21-12-5-2-6-13-21)19-28-22-14-7-8-15-23(22)31-24(26(28)30)18-20-10-3-1-4-11-20/h1,3-4,7-8,10-11,14-15,18,21H,2,5-6,9,12-13,16-17,19H2,(H,27,29). The molecule has 5 nitrogen and oxygen atoms in total. The van der Waals surface area contributed by atoms with Crippen LogP contribution >= 0.6 is 11.8 Å². The molecular formula is C26H30N2O3S. The molecule has 2 aromatic carbocycles. The van der Waals surface area contributed by atoms with Crippen LogP contribution in [0.25, 0.3) is 6.08 Å². The van der Waals surface area contributed by atoms with Crippen molar-refractivity contribution < 1.29 is 14.3 Å². The first-order valence-corrected chi connectivity index (χ1v) is 12.5. The molecule has 2 amide bonds. The molecule has 0 spiro atoms. The van der Waals surface area contributed by atoms with E-state index in [4.69, 9.17) is 4.74 Å². The van der Waals surface area contributed by atoms with Gasteiger partial charge in [0.25, 0.3) is 5.91 Å². The maximum Gasteiger partial charge on any atom is 0.294 e. The van der Waals surface area contributed by atoms with E-state index < -0.39 is 0 Å². The highest BCUT2D eigenvalue weighted by Crippen LogP contribution is 2.35. The number of para-hydroxylation sites is 2. The summed E-state index contributed by atoms with van der Waals surface area (Å²) in [5, 5.41) is 3.77. The molecule has 1 N–H and O–H groups in total. The number of carbonyl (C=O) groups is 2. The lowest BCUT2D eigenvalue weighted by Gasteiger charge is -2.30. The van der Waals surface area contributed by atoms with Crippen molar-refractivity contribution in [2.75, 3.05) is 23.7 Å². The van der Waals surface area contributed by atoms with Crippen molar-refractivity contribution >= 4 is 35.3 Å². The fraction of sp³-hybridized carbons (Fsp3) is 0.385. The lowest BCUT2D eigenvalue weighted by Crippen LogP contribution is -2.44. The predicted molar refractivity (Wildman–Crippen MR) is 131 cm³/mol. The monoisotopic (exact) mass is 450 g/mol. The first-order chi connectivity index (χ1) is 15.7.